The Hall–Kier alpha value is -1.22. The van der Waals surface area contributed by atoms with Gasteiger partial charge in [-0.3, -0.25) is 0 Å². The molecule has 16 heavy (non-hydrogen) atoms. The molecule has 0 spiro atoms. The Kier molecular flexibility index (Phi) is 4.62. The Balaban J connectivity index is 2.76. The zero-order valence-electron chi connectivity index (χ0n) is 9.50. The summed E-state index contributed by atoms with van der Waals surface area (Å²) in [6.45, 7) is 3.90. The van der Waals surface area contributed by atoms with Crippen LogP contribution in [0.5, 0.6) is 0 Å². The summed E-state index contributed by atoms with van der Waals surface area (Å²) < 4.78 is 5.23. The monoisotopic (exact) mass is 241 g/mol. The predicted octanol–water partition coefficient (Wildman–Crippen LogP) is 3.27. The number of rotatable bonds is 4. The number of halogens is 1. The fourth-order valence-electron chi connectivity index (χ4n) is 1.41. The zero-order chi connectivity index (χ0) is 12.1. The molecule has 0 radical (unpaired) electrons. The number of nitrogens with two attached hydrogens (primary N) is 1. The van der Waals surface area contributed by atoms with Gasteiger partial charge in [0.25, 0.3) is 0 Å². The number of benzene rings is 1. The van der Waals surface area contributed by atoms with E-state index < -0.39 is 5.97 Å². The Morgan fingerprint density at radius 3 is 2.88 bits per heavy atom. The topological polar surface area (TPSA) is 52.3 Å². The number of carbonyl (C=O) groups is 1. The number of hydrogen-bond donors (Lipinski definition) is 1. The van der Waals surface area contributed by atoms with Crippen LogP contribution < -0.4 is 5.73 Å². The second-order valence-electron chi connectivity index (χ2n) is 3.74. The smallest absolute Gasteiger partial charge is 0.339 e. The highest BCUT2D eigenvalue weighted by Crippen LogP contribution is 2.20. The first-order chi connectivity index (χ1) is 7.54. The quantitative estimate of drug-likeness (QED) is 0.650. The summed E-state index contributed by atoms with van der Waals surface area (Å²) in [5, 5.41) is 0.364. The van der Waals surface area contributed by atoms with Crippen LogP contribution in [0.1, 0.15) is 37.0 Å². The summed E-state index contributed by atoms with van der Waals surface area (Å²) in [5.41, 5.74) is 6.41. The first kappa shape index (κ1) is 12.8. The fourth-order valence-corrected chi connectivity index (χ4v) is 1.61. The van der Waals surface area contributed by atoms with E-state index in [1.54, 1.807) is 12.1 Å². The molecule has 1 aromatic rings. The van der Waals surface area contributed by atoms with Crippen molar-refractivity contribution in [2.45, 2.75) is 32.8 Å². The molecular formula is C12H16ClNO2. The largest absolute Gasteiger partial charge is 0.459 e. The third-order valence-electron chi connectivity index (χ3n) is 2.21. The molecule has 0 aliphatic rings. The van der Waals surface area contributed by atoms with Crippen LogP contribution >= 0.6 is 11.6 Å². The molecule has 0 fully saturated rings. The summed E-state index contributed by atoms with van der Waals surface area (Å²) in [7, 11) is 0. The van der Waals surface area contributed by atoms with Crippen LogP contribution in [-0.4, -0.2) is 12.1 Å². The van der Waals surface area contributed by atoms with E-state index in [2.05, 4.69) is 0 Å². The molecule has 3 nitrogen and oxygen atoms in total. The molecule has 2 N–H and O–H groups in total. The van der Waals surface area contributed by atoms with E-state index in [1.807, 2.05) is 13.8 Å². The first-order valence-electron chi connectivity index (χ1n) is 5.30. The lowest BCUT2D eigenvalue weighted by Gasteiger charge is -2.12. The third kappa shape index (κ3) is 3.42. The number of anilines is 1. The highest BCUT2D eigenvalue weighted by molar-refractivity contribution is 6.33. The Bertz CT molecular complexity index is 379. The molecule has 0 saturated carbocycles. The van der Waals surface area contributed by atoms with Gasteiger partial charge in [0.2, 0.25) is 0 Å². The van der Waals surface area contributed by atoms with Crippen LogP contribution in [0.3, 0.4) is 0 Å². The van der Waals surface area contributed by atoms with Gasteiger partial charge in [0, 0.05) is 5.69 Å². The van der Waals surface area contributed by atoms with Gasteiger partial charge in [0.1, 0.15) is 0 Å². The molecule has 1 unspecified atom stereocenters. The summed E-state index contributed by atoms with van der Waals surface area (Å²) in [6, 6.07) is 4.77. The van der Waals surface area contributed by atoms with Gasteiger partial charge in [-0.15, -0.1) is 0 Å². The lowest BCUT2D eigenvalue weighted by molar-refractivity contribution is 0.0324. The van der Waals surface area contributed by atoms with Crippen molar-refractivity contribution in [1.82, 2.24) is 0 Å². The van der Waals surface area contributed by atoms with Gasteiger partial charge >= 0.3 is 5.97 Å². The Morgan fingerprint density at radius 1 is 1.56 bits per heavy atom. The average Bonchev–Trinajstić information content (AvgIpc) is 2.21. The summed E-state index contributed by atoms with van der Waals surface area (Å²) in [5.74, 6) is -0.418. The predicted molar refractivity (Wildman–Crippen MR) is 65.6 cm³/mol. The van der Waals surface area contributed by atoms with Crippen LogP contribution in [0.15, 0.2) is 18.2 Å². The second-order valence-corrected chi connectivity index (χ2v) is 4.15. The Labute approximate surface area is 101 Å². The van der Waals surface area contributed by atoms with Crippen molar-refractivity contribution >= 4 is 23.3 Å². The summed E-state index contributed by atoms with van der Waals surface area (Å²) in [4.78, 5) is 11.7. The highest BCUT2D eigenvalue weighted by atomic mass is 35.5. The van der Waals surface area contributed by atoms with Crippen molar-refractivity contribution < 1.29 is 9.53 Å². The molecule has 0 amide bonds. The van der Waals surface area contributed by atoms with Crippen LogP contribution in [0.2, 0.25) is 5.02 Å². The minimum atomic E-state index is -0.418. The van der Waals surface area contributed by atoms with E-state index in [9.17, 15) is 4.79 Å². The van der Waals surface area contributed by atoms with Crippen molar-refractivity contribution in [3.05, 3.63) is 28.8 Å². The van der Waals surface area contributed by atoms with Crippen molar-refractivity contribution in [1.29, 1.82) is 0 Å². The molecular weight excluding hydrogens is 226 g/mol. The minimum Gasteiger partial charge on any atom is -0.459 e. The first-order valence-corrected chi connectivity index (χ1v) is 5.68. The van der Waals surface area contributed by atoms with Gasteiger partial charge in [-0.1, -0.05) is 24.9 Å². The maximum absolute atomic E-state index is 11.7. The maximum Gasteiger partial charge on any atom is 0.339 e. The van der Waals surface area contributed by atoms with Crippen molar-refractivity contribution in [3.8, 4) is 0 Å². The van der Waals surface area contributed by atoms with E-state index in [4.69, 9.17) is 22.1 Å². The van der Waals surface area contributed by atoms with E-state index in [-0.39, 0.29) is 6.10 Å². The molecule has 1 atom stereocenters. The van der Waals surface area contributed by atoms with Gasteiger partial charge in [0.05, 0.1) is 16.7 Å². The normalized spacial score (nSPS) is 12.2. The van der Waals surface area contributed by atoms with E-state index in [0.717, 1.165) is 12.8 Å². The molecule has 0 saturated heterocycles. The molecule has 0 aromatic heterocycles. The molecule has 0 heterocycles. The second kappa shape index (κ2) is 5.75. The number of hydrogen-bond acceptors (Lipinski definition) is 3. The average molecular weight is 242 g/mol. The summed E-state index contributed by atoms with van der Waals surface area (Å²) in [6.07, 6.45) is 1.71. The lowest BCUT2D eigenvalue weighted by Crippen LogP contribution is -2.15. The fraction of sp³-hybridized carbons (Fsp3) is 0.417. The SMILES string of the molecule is CCCC(C)OC(=O)c1cc(N)ccc1Cl. The van der Waals surface area contributed by atoms with Crippen LogP contribution in [-0.2, 0) is 4.74 Å². The van der Waals surface area contributed by atoms with Gasteiger partial charge in [-0.05, 0) is 31.5 Å². The minimum absolute atomic E-state index is 0.102. The number of nitrogen functional groups attached to an aromatic ring is 1. The Morgan fingerprint density at radius 2 is 2.25 bits per heavy atom. The van der Waals surface area contributed by atoms with E-state index >= 15 is 0 Å². The van der Waals surface area contributed by atoms with Crippen LogP contribution in [0.25, 0.3) is 0 Å². The van der Waals surface area contributed by atoms with Gasteiger partial charge < -0.3 is 10.5 Å². The van der Waals surface area contributed by atoms with Crippen LogP contribution in [0, 0.1) is 0 Å². The number of carbonyl (C=O) groups excluding carboxylic acids is 1. The molecule has 1 aromatic carbocycles. The van der Waals surface area contributed by atoms with Crippen molar-refractivity contribution in [2.24, 2.45) is 0 Å². The molecule has 0 aliphatic heterocycles. The molecule has 1 rings (SSSR count). The van der Waals surface area contributed by atoms with Crippen LogP contribution in [0.4, 0.5) is 5.69 Å². The lowest BCUT2D eigenvalue weighted by atomic mass is 10.2. The number of esters is 1. The maximum atomic E-state index is 11.7. The summed E-state index contributed by atoms with van der Waals surface area (Å²) >= 11 is 5.90. The van der Waals surface area contributed by atoms with E-state index in [0.29, 0.717) is 16.3 Å². The molecule has 0 aliphatic carbocycles. The van der Waals surface area contributed by atoms with Gasteiger partial charge in [-0.2, -0.15) is 0 Å². The van der Waals surface area contributed by atoms with Crippen molar-refractivity contribution in [2.75, 3.05) is 5.73 Å². The van der Waals surface area contributed by atoms with Gasteiger partial charge in [0.15, 0.2) is 0 Å². The molecule has 88 valence electrons. The molecule has 0 bridgehead atoms. The highest BCUT2D eigenvalue weighted by Gasteiger charge is 2.14. The molecule has 4 heteroatoms. The zero-order valence-corrected chi connectivity index (χ0v) is 10.3. The van der Waals surface area contributed by atoms with Crippen molar-refractivity contribution in [3.63, 3.8) is 0 Å². The standard InChI is InChI=1S/C12H16ClNO2/c1-3-4-8(2)16-12(15)10-7-9(14)5-6-11(10)13/h5-8H,3-4,14H2,1-2H3. The van der Waals surface area contributed by atoms with E-state index in [1.165, 1.54) is 6.07 Å². The third-order valence-corrected chi connectivity index (χ3v) is 2.54. The van der Waals surface area contributed by atoms with Gasteiger partial charge in [-0.25, -0.2) is 4.79 Å². The number of ether oxygens (including phenoxy) is 1.